The fraction of sp³-hybridized carbons (Fsp3) is 0.417. The van der Waals surface area contributed by atoms with E-state index in [-0.39, 0.29) is 16.1 Å². The SMILES string of the molecule is CC(C)CN(C)C(=O)c1cccc([N+](=O)[O-])c1Br. The zero-order valence-electron chi connectivity index (χ0n) is 10.5. The molecule has 1 aromatic carbocycles. The molecule has 0 aliphatic rings. The molecule has 0 fully saturated rings. The van der Waals surface area contributed by atoms with Crippen LogP contribution in [0.5, 0.6) is 0 Å². The predicted molar refractivity (Wildman–Crippen MR) is 72.6 cm³/mol. The van der Waals surface area contributed by atoms with Gasteiger partial charge in [-0.1, -0.05) is 19.9 Å². The van der Waals surface area contributed by atoms with Crippen LogP contribution in [0.25, 0.3) is 0 Å². The van der Waals surface area contributed by atoms with Crippen LogP contribution in [0, 0.1) is 16.0 Å². The first kappa shape index (κ1) is 14.6. The maximum atomic E-state index is 12.1. The highest BCUT2D eigenvalue weighted by Gasteiger charge is 2.21. The summed E-state index contributed by atoms with van der Waals surface area (Å²) < 4.78 is 0.232. The molecule has 18 heavy (non-hydrogen) atoms. The van der Waals surface area contributed by atoms with Gasteiger partial charge in [-0.25, -0.2) is 0 Å². The minimum absolute atomic E-state index is 0.0983. The molecule has 0 radical (unpaired) electrons. The largest absolute Gasteiger partial charge is 0.341 e. The molecule has 0 saturated carbocycles. The van der Waals surface area contributed by atoms with E-state index >= 15 is 0 Å². The van der Waals surface area contributed by atoms with Crippen molar-refractivity contribution < 1.29 is 9.72 Å². The number of nitro benzene ring substituents is 1. The van der Waals surface area contributed by atoms with Crippen LogP contribution in [0.15, 0.2) is 22.7 Å². The summed E-state index contributed by atoms with van der Waals surface area (Å²) in [5, 5.41) is 10.8. The molecule has 0 atom stereocenters. The summed E-state index contributed by atoms with van der Waals surface area (Å²) in [7, 11) is 1.69. The van der Waals surface area contributed by atoms with E-state index in [0.29, 0.717) is 18.0 Å². The average Bonchev–Trinajstić information content (AvgIpc) is 2.27. The van der Waals surface area contributed by atoms with Crippen molar-refractivity contribution >= 4 is 27.5 Å². The summed E-state index contributed by atoms with van der Waals surface area (Å²) >= 11 is 3.13. The van der Waals surface area contributed by atoms with Gasteiger partial charge in [0, 0.05) is 19.7 Å². The molecule has 6 heteroatoms. The quantitative estimate of drug-likeness (QED) is 0.633. The summed E-state index contributed by atoms with van der Waals surface area (Å²) in [6, 6.07) is 4.46. The smallest absolute Gasteiger partial charge is 0.284 e. The summed E-state index contributed by atoms with van der Waals surface area (Å²) in [5.74, 6) is 0.121. The van der Waals surface area contributed by atoms with E-state index in [1.807, 2.05) is 13.8 Å². The molecular formula is C12H15BrN2O3. The first-order valence-corrected chi connectivity index (χ1v) is 6.32. The number of benzene rings is 1. The van der Waals surface area contributed by atoms with Crippen LogP contribution < -0.4 is 0 Å². The number of carbonyl (C=O) groups is 1. The van der Waals surface area contributed by atoms with Crippen molar-refractivity contribution in [1.29, 1.82) is 0 Å². The van der Waals surface area contributed by atoms with E-state index < -0.39 is 4.92 Å². The van der Waals surface area contributed by atoms with Gasteiger partial charge in [0.1, 0.15) is 4.47 Å². The Hall–Kier alpha value is -1.43. The Balaban J connectivity index is 3.07. The lowest BCUT2D eigenvalue weighted by molar-refractivity contribution is -0.385. The number of nitro groups is 1. The van der Waals surface area contributed by atoms with E-state index in [1.165, 1.54) is 12.1 Å². The number of amides is 1. The van der Waals surface area contributed by atoms with Crippen molar-refractivity contribution in [3.05, 3.63) is 38.3 Å². The van der Waals surface area contributed by atoms with Gasteiger partial charge in [-0.05, 0) is 27.9 Å². The number of halogens is 1. The van der Waals surface area contributed by atoms with Crippen LogP contribution in [0.3, 0.4) is 0 Å². The van der Waals surface area contributed by atoms with Crippen molar-refractivity contribution in [2.45, 2.75) is 13.8 Å². The van der Waals surface area contributed by atoms with E-state index in [2.05, 4.69) is 15.9 Å². The molecule has 0 bridgehead atoms. The number of rotatable bonds is 4. The van der Waals surface area contributed by atoms with Crippen molar-refractivity contribution in [1.82, 2.24) is 4.90 Å². The third kappa shape index (κ3) is 3.29. The molecule has 5 nitrogen and oxygen atoms in total. The van der Waals surface area contributed by atoms with Crippen LogP contribution in [0.1, 0.15) is 24.2 Å². The van der Waals surface area contributed by atoms with Crippen LogP contribution in [0.2, 0.25) is 0 Å². The van der Waals surface area contributed by atoms with Crippen LogP contribution in [-0.2, 0) is 0 Å². The van der Waals surface area contributed by atoms with E-state index in [1.54, 1.807) is 18.0 Å². The van der Waals surface area contributed by atoms with Gasteiger partial charge < -0.3 is 4.90 Å². The highest BCUT2D eigenvalue weighted by Crippen LogP contribution is 2.29. The summed E-state index contributed by atoms with van der Waals surface area (Å²) in [6.45, 7) is 4.62. The number of carbonyl (C=O) groups excluding carboxylic acids is 1. The van der Waals surface area contributed by atoms with Gasteiger partial charge in [0.05, 0.1) is 10.5 Å². The van der Waals surface area contributed by atoms with Gasteiger partial charge in [-0.3, -0.25) is 14.9 Å². The number of hydrogen-bond acceptors (Lipinski definition) is 3. The predicted octanol–water partition coefficient (Wildman–Crippen LogP) is 3.09. The van der Waals surface area contributed by atoms with Gasteiger partial charge in [0.25, 0.3) is 11.6 Å². The average molecular weight is 315 g/mol. The Morgan fingerprint density at radius 1 is 1.50 bits per heavy atom. The lowest BCUT2D eigenvalue weighted by atomic mass is 10.1. The lowest BCUT2D eigenvalue weighted by Gasteiger charge is -2.19. The zero-order chi connectivity index (χ0) is 13.9. The van der Waals surface area contributed by atoms with Gasteiger partial charge in [0.2, 0.25) is 0 Å². The van der Waals surface area contributed by atoms with Crippen molar-refractivity contribution in [2.75, 3.05) is 13.6 Å². The fourth-order valence-electron chi connectivity index (χ4n) is 1.66. The van der Waals surface area contributed by atoms with Crippen LogP contribution in [-0.4, -0.2) is 29.3 Å². The molecule has 1 rings (SSSR count). The molecular weight excluding hydrogens is 300 g/mol. The number of nitrogens with zero attached hydrogens (tertiary/aromatic N) is 2. The highest BCUT2D eigenvalue weighted by atomic mass is 79.9. The number of hydrogen-bond donors (Lipinski definition) is 0. The monoisotopic (exact) mass is 314 g/mol. The Bertz CT molecular complexity index is 474. The Labute approximate surface area is 114 Å². The Morgan fingerprint density at radius 2 is 2.11 bits per heavy atom. The molecule has 98 valence electrons. The topological polar surface area (TPSA) is 63.5 Å². The molecule has 0 N–H and O–H groups in total. The zero-order valence-corrected chi connectivity index (χ0v) is 12.1. The van der Waals surface area contributed by atoms with E-state index in [9.17, 15) is 14.9 Å². The van der Waals surface area contributed by atoms with Crippen molar-refractivity contribution in [2.24, 2.45) is 5.92 Å². The second kappa shape index (κ2) is 5.95. The summed E-state index contributed by atoms with van der Waals surface area (Å²) in [4.78, 5) is 24.0. The summed E-state index contributed by atoms with van der Waals surface area (Å²) in [5.41, 5.74) is 0.214. The maximum absolute atomic E-state index is 12.1. The van der Waals surface area contributed by atoms with Gasteiger partial charge in [-0.15, -0.1) is 0 Å². The maximum Gasteiger partial charge on any atom is 0.284 e. The molecule has 1 amide bonds. The fourth-order valence-corrected chi connectivity index (χ4v) is 2.24. The molecule has 0 spiro atoms. The minimum atomic E-state index is -0.511. The second-order valence-corrected chi connectivity index (χ2v) is 5.27. The molecule has 0 unspecified atom stereocenters. The van der Waals surface area contributed by atoms with Gasteiger partial charge in [-0.2, -0.15) is 0 Å². The third-order valence-corrected chi connectivity index (χ3v) is 3.22. The summed E-state index contributed by atoms with van der Waals surface area (Å²) in [6.07, 6.45) is 0. The van der Waals surface area contributed by atoms with Crippen LogP contribution >= 0.6 is 15.9 Å². The van der Waals surface area contributed by atoms with Crippen molar-refractivity contribution in [3.8, 4) is 0 Å². The minimum Gasteiger partial charge on any atom is -0.341 e. The van der Waals surface area contributed by atoms with Gasteiger partial charge in [0.15, 0.2) is 0 Å². The molecule has 1 aromatic rings. The lowest BCUT2D eigenvalue weighted by Crippen LogP contribution is -2.30. The molecule has 0 heterocycles. The first-order valence-electron chi connectivity index (χ1n) is 5.53. The molecule has 0 aromatic heterocycles. The molecule has 0 saturated heterocycles. The Morgan fingerprint density at radius 3 is 2.61 bits per heavy atom. The highest BCUT2D eigenvalue weighted by molar-refractivity contribution is 9.10. The van der Waals surface area contributed by atoms with Crippen LogP contribution in [0.4, 0.5) is 5.69 Å². The van der Waals surface area contributed by atoms with E-state index in [0.717, 1.165) is 0 Å². The third-order valence-electron chi connectivity index (χ3n) is 2.39. The first-order chi connectivity index (χ1) is 8.34. The molecule has 0 aliphatic carbocycles. The van der Waals surface area contributed by atoms with Crippen molar-refractivity contribution in [3.63, 3.8) is 0 Å². The Kier molecular flexibility index (Phi) is 4.84. The normalized spacial score (nSPS) is 10.5. The van der Waals surface area contributed by atoms with Gasteiger partial charge >= 0.3 is 0 Å². The van der Waals surface area contributed by atoms with E-state index in [4.69, 9.17) is 0 Å². The second-order valence-electron chi connectivity index (χ2n) is 4.48. The molecule has 0 aliphatic heterocycles. The standard InChI is InChI=1S/C12H15BrN2O3/c1-8(2)7-14(3)12(16)9-5-4-6-10(11(9)13)15(17)18/h4-6,8H,7H2,1-3H3.